The zero-order valence-electron chi connectivity index (χ0n) is 15.6. The Labute approximate surface area is 181 Å². The van der Waals surface area contributed by atoms with Gasteiger partial charge in [-0.05, 0) is 36.8 Å². The smallest absolute Gasteiger partial charge is 0.273 e. The molecular weight excluding hydrogens is 434 g/mol. The molecule has 1 aromatic heterocycles. The van der Waals surface area contributed by atoms with E-state index in [1.807, 2.05) is 6.07 Å². The van der Waals surface area contributed by atoms with Crippen molar-refractivity contribution < 1.29 is 19.0 Å². The molecule has 1 heterocycles. The van der Waals surface area contributed by atoms with Crippen LogP contribution in [-0.4, -0.2) is 21.0 Å². The minimum Gasteiger partial charge on any atom is -0.453 e. The summed E-state index contributed by atoms with van der Waals surface area (Å²) >= 11 is 12.0. The molecule has 3 aromatic rings. The summed E-state index contributed by atoms with van der Waals surface area (Å²) in [5, 5.41) is 21.0. The fourth-order valence-corrected chi connectivity index (χ4v) is 3.12. The summed E-state index contributed by atoms with van der Waals surface area (Å²) < 4.78 is 20.6. The Bertz CT molecular complexity index is 1160. The van der Waals surface area contributed by atoms with Crippen molar-refractivity contribution in [2.45, 2.75) is 20.1 Å². The Balaban J connectivity index is 1.83. The first-order valence-corrected chi connectivity index (χ1v) is 9.38. The lowest BCUT2D eigenvalue weighted by Gasteiger charge is -2.13. The number of H-pyrrole nitrogens is 1. The third kappa shape index (κ3) is 4.71. The quantitative estimate of drug-likeness (QED) is 0.521. The van der Waals surface area contributed by atoms with Gasteiger partial charge in [0.1, 0.15) is 16.7 Å². The SMILES string of the molecule is Cc1nc(C(=O)NCc2ccc(Cl)c(Oc3cc(C#N)cc(CO)c3)c2F)c(Cl)[nH]1. The number of carbonyl (C=O) groups excluding carboxylic acids is 1. The highest BCUT2D eigenvalue weighted by Crippen LogP contribution is 2.34. The van der Waals surface area contributed by atoms with Gasteiger partial charge >= 0.3 is 0 Å². The summed E-state index contributed by atoms with van der Waals surface area (Å²) in [4.78, 5) is 18.9. The number of aromatic amines is 1. The topological polar surface area (TPSA) is 111 Å². The van der Waals surface area contributed by atoms with E-state index in [-0.39, 0.29) is 51.6 Å². The fourth-order valence-electron chi connectivity index (χ4n) is 2.67. The lowest BCUT2D eigenvalue weighted by atomic mass is 10.1. The van der Waals surface area contributed by atoms with E-state index < -0.39 is 11.7 Å². The monoisotopic (exact) mass is 448 g/mol. The molecule has 0 spiro atoms. The average Bonchev–Trinajstić information content (AvgIpc) is 3.08. The van der Waals surface area contributed by atoms with Crippen LogP contribution in [0.2, 0.25) is 10.2 Å². The largest absolute Gasteiger partial charge is 0.453 e. The maximum atomic E-state index is 15.0. The third-order valence-electron chi connectivity index (χ3n) is 4.06. The average molecular weight is 449 g/mol. The van der Waals surface area contributed by atoms with Gasteiger partial charge in [0.05, 0.1) is 23.3 Å². The molecule has 0 aliphatic rings. The molecule has 30 heavy (non-hydrogen) atoms. The second-order valence-corrected chi connectivity index (χ2v) is 7.04. The number of hydrogen-bond acceptors (Lipinski definition) is 5. The van der Waals surface area contributed by atoms with Crippen LogP contribution in [0.3, 0.4) is 0 Å². The summed E-state index contributed by atoms with van der Waals surface area (Å²) in [6, 6.07) is 9.12. The number of aryl methyl sites for hydroxylation is 1. The first-order valence-electron chi connectivity index (χ1n) is 8.62. The maximum absolute atomic E-state index is 15.0. The van der Waals surface area contributed by atoms with Crippen molar-refractivity contribution in [2.24, 2.45) is 0 Å². The third-order valence-corrected chi connectivity index (χ3v) is 4.63. The number of nitriles is 1. The van der Waals surface area contributed by atoms with Gasteiger partial charge < -0.3 is 20.1 Å². The molecule has 7 nitrogen and oxygen atoms in total. The van der Waals surface area contributed by atoms with Crippen LogP contribution in [0.15, 0.2) is 30.3 Å². The number of rotatable bonds is 6. The molecular formula is C20H15Cl2FN4O3. The molecule has 0 aliphatic heterocycles. The number of aliphatic hydroxyl groups is 1. The molecule has 3 rings (SSSR count). The predicted octanol–water partition coefficient (Wildman–Crippen LogP) is 4.25. The summed E-state index contributed by atoms with van der Waals surface area (Å²) in [5.74, 6) is -1.01. The molecule has 0 saturated carbocycles. The number of ether oxygens (including phenoxy) is 1. The van der Waals surface area contributed by atoms with Crippen molar-refractivity contribution in [3.05, 3.63) is 74.5 Å². The fraction of sp³-hybridized carbons (Fsp3) is 0.150. The van der Waals surface area contributed by atoms with E-state index in [0.29, 0.717) is 11.4 Å². The Hall–Kier alpha value is -3.12. The molecule has 10 heteroatoms. The van der Waals surface area contributed by atoms with Crippen molar-refractivity contribution in [3.63, 3.8) is 0 Å². The first kappa shape index (κ1) is 21.6. The van der Waals surface area contributed by atoms with E-state index in [1.165, 1.54) is 30.3 Å². The molecule has 2 aromatic carbocycles. The van der Waals surface area contributed by atoms with Gasteiger partial charge in [-0.15, -0.1) is 0 Å². The molecule has 154 valence electrons. The second-order valence-electron chi connectivity index (χ2n) is 6.25. The molecule has 0 saturated heterocycles. The number of imidazole rings is 1. The highest BCUT2D eigenvalue weighted by atomic mass is 35.5. The Morgan fingerprint density at radius 2 is 2.13 bits per heavy atom. The van der Waals surface area contributed by atoms with Gasteiger partial charge in [-0.2, -0.15) is 5.26 Å². The number of amides is 1. The zero-order valence-corrected chi connectivity index (χ0v) is 17.1. The summed E-state index contributed by atoms with van der Waals surface area (Å²) in [5.41, 5.74) is 0.785. The minimum atomic E-state index is -0.778. The molecule has 1 amide bonds. The van der Waals surface area contributed by atoms with Crippen LogP contribution in [0.25, 0.3) is 0 Å². The highest BCUT2D eigenvalue weighted by Gasteiger charge is 2.19. The minimum absolute atomic E-state index is 0.00135. The van der Waals surface area contributed by atoms with Crippen molar-refractivity contribution in [2.75, 3.05) is 0 Å². The van der Waals surface area contributed by atoms with Gasteiger partial charge in [-0.3, -0.25) is 4.79 Å². The van der Waals surface area contributed by atoms with Crippen molar-refractivity contribution in [1.82, 2.24) is 15.3 Å². The van der Waals surface area contributed by atoms with Gasteiger partial charge in [0, 0.05) is 12.1 Å². The standard InChI is InChI=1S/C20H15Cl2FN4O3/c1-10-26-17(19(22)27-10)20(29)25-8-13-2-3-15(21)18(16(13)23)30-14-5-11(7-24)4-12(6-14)9-28/h2-6,28H,8-9H2,1H3,(H,25,29)(H,26,27). The number of aromatic nitrogens is 2. The predicted molar refractivity (Wildman–Crippen MR) is 108 cm³/mol. The van der Waals surface area contributed by atoms with E-state index in [2.05, 4.69) is 15.3 Å². The van der Waals surface area contributed by atoms with E-state index in [9.17, 15) is 14.3 Å². The van der Waals surface area contributed by atoms with E-state index in [4.69, 9.17) is 33.2 Å². The van der Waals surface area contributed by atoms with Crippen molar-refractivity contribution >= 4 is 29.1 Å². The highest BCUT2D eigenvalue weighted by molar-refractivity contribution is 6.32. The van der Waals surface area contributed by atoms with Gasteiger partial charge in [-0.1, -0.05) is 29.3 Å². The molecule has 0 aliphatic carbocycles. The number of nitrogens with one attached hydrogen (secondary N) is 2. The number of halogens is 3. The lowest BCUT2D eigenvalue weighted by molar-refractivity contribution is 0.0946. The normalized spacial score (nSPS) is 10.5. The van der Waals surface area contributed by atoms with Gasteiger partial charge in [0.25, 0.3) is 5.91 Å². The second kappa shape index (κ2) is 9.13. The Kier molecular flexibility index (Phi) is 6.57. The zero-order chi connectivity index (χ0) is 21.8. The van der Waals surface area contributed by atoms with Crippen LogP contribution in [0.4, 0.5) is 4.39 Å². The van der Waals surface area contributed by atoms with Crippen LogP contribution in [0.5, 0.6) is 11.5 Å². The number of carbonyl (C=O) groups is 1. The Morgan fingerprint density at radius 3 is 2.77 bits per heavy atom. The van der Waals surface area contributed by atoms with E-state index in [0.717, 1.165) is 0 Å². The summed E-state index contributed by atoms with van der Waals surface area (Å²) in [6.45, 7) is 1.17. The molecule has 0 bridgehead atoms. The summed E-state index contributed by atoms with van der Waals surface area (Å²) in [6.07, 6.45) is 0. The van der Waals surface area contributed by atoms with Crippen molar-refractivity contribution in [1.29, 1.82) is 5.26 Å². The molecule has 0 atom stereocenters. The van der Waals surface area contributed by atoms with Crippen LogP contribution in [-0.2, 0) is 13.2 Å². The van der Waals surface area contributed by atoms with Crippen LogP contribution in [0.1, 0.15) is 33.0 Å². The van der Waals surface area contributed by atoms with Gasteiger partial charge in [-0.25, -0.2) is 9.37 Å². The molecule has 3 N–H and O–H groups in total. The number of benzene rings is 2. The van der Waals surface area contributed by atoms with Crippen LogP contribution < -0.4 is 10.1 Å². The van der Waals surface area contributed by atoms with E-state index in [1.54, 1.807) is 6.92 Å². The number of hydrogen-bond donors (Lipinski definition) is 3. The van der Waals surface area contributed by atoms with Gasteiger partial charge in [0.2, 0.25) is 0 Å². The Morgan fingerprint density at radius 1 is 1.37 bits per heavy atom. The maximum Gasteiger partial charge on any atom is 0.273 e. The molecule has 0 unspecified atom stereocenters. The summed E-state index contributed by atoms with van der Waals surface area (Å²) in [7, 11) is 0. The number of aliphatic hydroxyl groups excluding tert-OH is 1. The van der Waals surface area contributed by atoms with Crippen LogP contribution >= 0.6 is 23.2 Å². The van der Waals surface area contributed by atoms with Crippen LogP contribution in [0, 0.1) is 24.1 Å². The van der Waals surface area contributed by atoms with Crippen molar-refractivity contribution in [3.8, 4) is 17.6 Å². The number of nitrogens with zero attached hydrogens (tertiary/aromatic N) is 2. The van der Waals surface area contributed by atoms with E-state index >= 15 is 0 Å². The van der Waals surface area contributed by atoms with Gasteiger partial charge in [0.15, 0.2) is 17.3 Å². The lowest BCUT2D eigenvalue weighted by Crippen LogP contribution is -2.24. The first-order chi connectivity index (χ1) is 14.3. The molecule has 0 radical (unpaired) electrons. The molecule has 0 fully saturated rings.